The number of amides is 2. The molecule has 0 aliphatic carbocycles. The van der Waals surface area contributed by atoms with E-state index >= 15 is 0 Å². The van der Waals surface area contributed by atoms with Crippen molar-refractivity contribution in [3.05, 3.63) is 29.3 Å². The number of hydrogen-bond donors (Lipinski definition) is 2. The third-order valence-corrected chi connectivity index (χ3v) is 3.31. The van der Waals surface area contributed by atoms with Gasteiger partial charge in [-0.15, -0.1) is 0 Å². The van der Waals surface area contributed by atoms with Gasteiger partial charge in [0.25, 0.3) is 11.8 Å². The van der Waals surface area contributed by atoms with Crippen LogP contribution in [0.3, 0.4) is 0 Å². The van der Waals surface area contributed by atoms with Crippen LogP contribution < -0.4 is 40.2 Å². The van der Waals surface area contributed by atoms with Gasteiger partial charge >= 0.3 is 29.6 Å². The van der Waals surface area contributed by atoms with Gasteiger partial charge in [0.05, 0.1) is 10.5 Å². The van der Waals surface area contributed by atoms with Gasteiger partial charge in [-0.3, -0.25) is 9.59 Å². The number of nitrogens with one attached hydrogen (secondary N) is 2. The zero-order chi connectivity index (χ0) is 15.3. The van der Waals surface area contributed by atoms with Crippen LogP contribution in [-0.2, 0) is 10.1 Å². The van der Waals surface area contributed by atoms with Crippen LogP contribution in [0.25, 0.3) is 0 Å². The maximum absolute atomic E-state index is 11.7. The molecule has 9 heteroatoms. The number of carbonyl (C=O) groups excluding carboxylic acids is 2. The Labute approximate surface area is 145 Å². The number of carbonyl (C=O) groups is 2. The Morgan fingerprint density at radius 2 is 1.62 bits per heavy atom. The molecule has 1 rings (SSSR count). The second kappa shape index (κ2) is 8.50. The normalized spacial score (nSPS) is 10.4. The predicted octanol–water partition coefficient (Wildman–Crippen LogP) is -2.91. The summed E-state index contributed by atoms with van der Waals surface area (Å²) >= 11 is 0. The molecule has 0 spiro atoms. The average molecular weight is 322 g/mol. The molecule has 0 bridgehead atoms. The smallest absolute Gasteiger partial charge is 0.744 e. The first-order valence-corrected chi connectivity index (χ1v) is 7.38. The molecule has 0 aromatic heterocycles. The summed E-state index contributed by atoms with van der Waals surface area (Å²) in [5.74, 6) is -1.19. The molecule has 0 atom stereocenters. The van der Waals surface area contributed by atoms with Crippen molar-refractivity contribution in [2.45, 2.75) is 18.7 Å². The average Bonchev–Trinajstić information content (AvgIpc) is 2.37. The Hall–Kier alpha value is -0.930. The summed E-state index contributed by atoms with van der Waals surface area (Å²) in [4.78, 5) is 22.6. The molecule has 0 aliphatic heterocycles. The fraction of sp³-hybridized carbons (Fsp3) is 0.333. The van der Waals surface area contributed by atoms with Crippen molar-refractivity contribution in [1.82, 2.24) is 10.6 Å². The first kappa shape index (κ1) is 20.1. The Morgan fingerprint density at radius 1 is 1.10 bits per heavy atom. The molecule has 0 unspecified atom stereocenters. The third kappa shape index (κ3) is 5.40. The van der Waals surface area contributed by atoms with Crippen molar-refractivity contribution in [2.75, 3.05) is 13.1 Å². The second-order valence-electron chi connectivity index (χ2n) is 3.88. The van der Waals surface area contributed by atoms with Gasteiger partial charge in [-0.25, -0.2) is 8.42 Å². The van der Waals surface area contributed by atoms with Crippen LogP contribution in [0.5, 0.6) is 0 Å². The molecular formula is C12H15N2NaO5S. The molecule has 0 fully saturated rings. The largest absolute Gasteiger partial charge is 1.00 e. The fourth-order valence-electron chi connectivity index (χ4n) is 1.58. The molecule has 7 nitrogen and oxygen atoms in total. The molecule has 0 saturated carbocycles. The van der Waals surface area contributed by atoms with Crippen molar-refractivity contribution in [3.8, 4) is 0 Å². The zero-order valence-electron chi connectivity index (χ0n) is 12.1. The van der Waals surface area contributed by atoms with E-state index in [1.165, 1.54) is 6.07 Å². The van der Waals surface area contributed by atoms with E-state index in [1.807, 2.05) is 0 Å². The van der Waals surface area contributed by atoms with E-state index in [9.17, 15) is 22.6 Å². The van der Waals surface area contributed by atoms with Gasteiger partial charge in [0.15, 0.2) is 0 Å². The molecule has 1 aromatic rings. The van der Waals surface area contributed by atoms with Gasteiger partial charge in [-0.1, -0.05) is 0 Å². The molecule has 0 radical (unpaired) electrons. The van der Waals surface area contributed by atoms with Gasteiger partial charge in [0.2, 0.25) is 0 Å². The summed E-state index contributed by atoms with van der Waals surface area (Å²) in [6, 6.07) is 3.36. The van der Waals surface area contributed by atoms with Gasteiger partial charge in [0.1, 0.15) is 10.1 Å². The maximum Gasteiger partial charge on any atom is 1.00 e. The van der Waals surface area contributed by atoms with E-state index in [0.29, 0.717) is 6.54 Å². The first-order chi connectivity index (χ1) is 9.31. The Balaban J connectivity index is 0.00000400. The zero-order valence-corrected chi connectivity index (χ0v) is 14.9. The van der Waals surface area contributed by atoms with Gasteiger partial charge in [0, 0.05) is 18.7 Å². The summed E-state index contributed by atoms with van der Waals surface area (Å²) in [7, 11) is -4.86. The van der Waals surface area contributed by atoms with Crippen LogP contribution in [0.1, 0.15) is 34.6 Å². The molecule has 110 valence electrons. The summed E-state index contributed by atoms with van der Waals surface area (Å²) < 4.78 is 33.7. The monoisotopic (exact) mass is 322 g/mol. The summed E-state index contributed by atoms with van der Waals surface area (Å²) in [6.45, 7) is 4.00. The van der Waals surface area contributed by atoms with Crippen molar-refractivity contribution in [1.29, 1.82) is 0 Å². The van der Waals surface area contributed by atoms with E-state index in [4.69, 9.17) is 0 Å². The minimum Gasteiger partial charge on any atom is -0.744 e. The van der Waals surface area contributed by atoms with Crippen molar-refractivity contribution in [3.63, 3.8) is 0 Å². The minimum absolute atomic E-state index is 0. The standard InChI is InChI=1S/C12H16N2O5S.Na/c1-3-13-11(15)8-5-6-9(12(16)14-4-2)10(7-8)20(17,18)19;/h5-7H,3-4H2,1-2H3,(H,13,15)(H,14,16)(H,17,18,19);/q;+1/p-1. The van der Waals surface area contributed by atoms with E-state index in [1.54, 1.807) is 13.8 Å². The minimum atomic E-state index is -4.86. The molecule has 21 heavy (non-hydrogen) atoms. The van der Waals surface area contributed by atoms with Crippen LogP contribution in [0.4, 0.5) is 0 Å². The summed E-state index contributed by atoms with van der Waals surface area (Å²) in [5, 5.41) is 4.88. The number of hydrogen-bond acceptors (Lipinski definition) is 5. The van der Waals surface area contributed by atoms with Crippen LogP contribution in [0.15, 0.2) is 23.1 Å². The molecule has 2 N–H and O–H groups in total. The molecule has 1 aromatic carbocycles. The topological polar surface area (TPSA) is 115 Å². The number of benzene rings is 1. The Bertz CT molecular complexity index is 631. The van der Waals surface area contributed by atoms with Crippen LogP contribution in [0.2, 0.25) is 0 Å². The quantitative estimate of drug-likeness (QED) is 0.445. The first-order valence-electron chi connectivity index (χ1n) is 5.97. The van der Waals surface area contributed by atoms with E-state index in [0.717, 1.165) is 12.1 Å². The van der Waals surface area contributed by atoms with Crippen LogP contribution in [-0.4, -0.2) is 37.9 Å². The molecule has 2 amide bonds. The van der Waals surface area contributed by atoms with Crippen molar-refractivity contribution in [2.24, 2.45) is 0 Å². The third-order valence-electron chi connectivity index (χ3n) is 2.43. The Morgan fingerprint density at radius 3 is 2.10 bits per heavy atom. The Kier molecular flexibility index (Phi) is 8.12. The van der Waals surface area contributed by atoms with Gasteiger partial charge < -0.3 is 15.2 Å². The van der Waals surface area contributed by atoms with E-state index in [-0.39, 0.29) is 47.2 Å². The van der Waals surface area contributed by atoms with Gasteiger partial charge in [-0.05, 0) is 32.0 Å². The SMILES string of the molecule is CCNC(=O)c1ccc(C(=O)NCC)c(S(=O)(=O)[O-])c1.[Na+]. The molecular weight excluding hydrogens is 307 g/mol. The maximum atomic E-state index is 11.7. The number of rotatable bonds is 5. The van der Waals surface area contributed by atoms with Gasteiger partial charge in [-0.2, -0.15) is 0 Å². The molecule has 0 saturated heterocycles. The summed E-state index contributed by atoms with van der Waals surface area (Å²) in [6.07, 6.45) is 0. The molecule has 0 aliphatic rings. The van der Waals surface area contributed by atoms with E-state index < -0.39 is 26.8 Å². The van der Waals surface area contributed by atoms with Crippen LogP contribution in [0, 0.1) is 0 Å². The van der Waals surface area contributed by atoms with Crippen molar-refractivity contribution < 1.29 is 52.1 Å². The van der Waals surface area contributed by atoms with Crippen LogP contribution >= 0.6 is 0 Å². The summed E-state index contributed by atoms with van der Waals surface area (Å²) in [5.41, 5.74) is -0.260. The predicted molar refractivity (Wildman–Crippen MR) is 70.4 cm³/mol. The second-order valence-corrected chi connectivity index (χ2v) is 5.23. The fourth-order valence-corrected chi connectivity index (χ4v) is 2.28. The molecule has 0 heterocycles. The van der Waals surface area contributed by atoms with Crippen molar-refractivity contribution >= 4 is 21.9 Å². The van der Waals surface area contributed by atoms with E-state index in [2.05, 4.69) is 10.6 Å².